The first-order valence-electron chi connectivity index (χ1n) is 9.65. The van der Waals surface area contributed by atoms with Crippen LogP contribution in [0.2, 0.25) is 0 Å². The van der Waals surface area contributed by atoms with Crippen molar-refractivity contribution in [3.63, 3.8) is 0 Å². The van der Waals surface area contributed by atoms with Gasteiger partial charge >= 0.3 is 0 Å². The number of nitrogens with zero attached hydrogens (tertiary/aromatic N) is 1. The van der Waals surface area contributed by atoms with E-state index in [1.165, 1.54) is 13.0 Å². The molecule has 0 bridgehead atoms. The minimum absolute atomic E-state index is 0.154. The van der Waals surface area contributed by atoms with E-state index in [-0.39, 0.29) is 4.90 Å². The molecule has 0 saturated carbocycles. The van der Waals surface area contributed by atoms with Gasteiger partial charge in [-0.3, -0.25) is 4.79 Å². The normalized spacial score (nSPS) is 14.8. The molecule has 1 unspecified atom stereocenters. The first kappa shape index (κ1) is 25.8. The summed E-state index contributed by atoms with van der Waals surface area (Å²) in [7, 11) is -4.05. The van der Waals surface area contributed by atoms with Crippen LogP contribution in [0.4, 0.5) is 15.8 Å². The van der Waals surface area contributed by atoms with Crippen molar-refractivity contribution in [3.05, 3.63) is 65.3 Å². The summed E-state index contributed by atoms with van der Waals surface area (Å²) in [6, 6.07) is 8.96. The molecule has 2 N–H and O–H groups in total. The Hall–Kier alpha value is -2.45. The van der Waals surface area contributed by atoms with Crippen LogP contribution in [0.25, 0.3) is 4.85 Å². The molecular weight excluding hydrogens is 453 g/mol. The molecular formula is C22H26FN3O4S2. The number of nitrogens with one attached hydrogen (secondary N) is 2. The molecule has 0 spiro atoms. The van der Waals surface area contributed by atoms with E-state index < -0.39 is 49.0 Å². The summed E-state index contributed by atoms with van der Waals surface area (Å²) in [6.45, 7) is 15.3. The summed E-state index contributed by atoms with van der Waals surface area (Å²) in [5, 5.41) is 2.65. The first-order chi connectivity index (χ1) is 14.7. The molecule has 0 aromatic heterocycles. The molecule has 2 aromatic carbocycles. The molecule has 10 heteroatoms. The third-order valence-electron chi connectivity index (χ3n) is 4.60. The maximum absolute atomic E-state index is 13.2. The summed E-state index contributed by atoms with van der Waals surface area (Å²) < 4.78 is 54.0. The van der Waals surface area contributed by atoms with Crippen LogP contribution in [0.15, 0.2) is 47.4 Å². The summed E-state index contributed by atoms with van der Waals surface area (Å²) >= 11 is -1.76. The van der Waals surface area contributed by atoms with Crippen molar-refractivity contribution in [1.82, 2.24) is 4.72 Å². The van der Waals surface area contributed by atoms with Crippen molar-refractivity contribution < 1.29 is 22.2 Å². The van der Waals surface area contributed by atoms with E-state index in [9.17, 15) is 22.2 Å². The Kier molecular flexibility index (Phi) is 7.73. The van der Waals surface area contributed by atoms with E-state index in [0.29, 0.717) is 16.9 Å². The monoisotopic (exact) mass is 479 g/mol. The van der Waals surface area contributed by atoms with Crippen LogP contribution < -0.4 is 10.0 Å². The van der Waals surface area contributed by atoms with Gasteiger partial charge in [-0.05, 0) is 76.6 Å². The second kappa shape index (κ2) is 9.58. The topological polar surface area (TPSA) is 103 Å². The van der Waals surface area contributed by atoms with Crippen LogP contribution in [0.3, 0.4) is 0 Å². The van der Waals surface area contributed by atoms with Gasteiger partial charge in [0.2, 0.25) is 5.91 Å². The van der Waals surface area contributed by atoms with Gasteiger partial charge in [-0.15, -0.1) is 4.72 Å². The highest BCUT2D eigenvalue weighted by Crippen LogP contribution is 2.26. The lowest BCUT2D eigenvalue weighted by Crippen LogP contribution is -2.61. The van der Waals surface area contributed by atoms with E-state index in [1.54, 1.807) is 39.8 Å². The van der Waals surface area contributed by atoms with Crippen LogP contribution in [0, 0.1) is 19.3 Å². The van der Waals surface area contributed by atoms with Gasteiger partial charge in [0.05, 0.1) is 17.2 Å². The highest BCUT2D eigenvalue weighted by molar-refractivity contribution is 7.92. The summed E-state index contributed by atoms with van der Waals surface area (Å²) in [5.74, 6) is -2.01. The molecule has 0 saturated heterocycles. The fourth-order valence-electron chi connectivity index (χ4n) is 2.73. The van der Waals surface area contributed by atoms with Crippen molar-refractivity contribution in [2.24, 2.45) is 0 Å². The van der Waals surface area contributed by atoms with Gasteiger partial charge < -0.3 is 9.87 Å². The Balaban J connectivity index is 2.41. The smallest absolute Gasteiger partial charge is 0.249 e. The van der Waals surface area contributed by atoms with Crippen molar-refractivity contribution in [1.29, 1.82) is 0 Å². The molecule has 0 radical (unpaired) electrons. The van der Waals surface area contributed by atoms with Crippen LogP contribution in [-0.4, -0.2) is 34.9 Å². The zero-order chi connectivity index (χ0) is 24.3. The van der Waals surface area contributed by atoms with Crippen LogP contribution >= 0.6 is 0 Å². The highest BCUT2D eigenvalue weighted by atomic mass is 32.2. The maximum atomic E-state index is 13.2. The molecule has 2 atom stereocenters. The minimum Gasteiger partial charge on any atom is -0.598 e. The van der Waals surface area contributed by atoms with E-state index in [2.05, 4.69) is 14.9 Å². The third-order valence-corrected chi connectivity index (χ3v) is 8.30. The first-order valence-corrected chi connectivity index (χ1v) is 12.5. The second-order valence-corrected chi connectivity index (χ2v) is 12.6. The molecule has 0 aliphatic rings. The van der Waals surface area contributed by atoms with Crippen LogP contribution in [-0.2, 0) is 26.0 Å². The lowest BCUT2D eigenvalue weighted by molar-refractivity contribution is -0.120. The number of carbonyl (C=O) groups excluding carboxylic acids is 1. The molecule has 2 rings (SSSR count). The largest absolute Gasteiger partial charge is 0.598 e. The standard InChI is InChI=1S/C22H26FN3O4S2/c1-15-13-17(9-12-19(15)24-6)25-20(27)22(5,26-31(28)21(2,3)4)14-32(29,30)18-10-7-16(23)8-11-18/h7-13,26H,14H2,1-5H3,(H,25,27)/t22-,31?/m0/s1. The van der Waals surface area contributed by atoms with Crippen molar-refractivity contribution in [2.75, 3.05) is 11.1 Å². The van der Waals surface area contributed by atoms with Gasteiger partial charge in [-0.1, -0.05) is 6.07 Å². The minimum atomic E-state index is -4.05. The predicted octanol–water partition coefficient (Wildman–Crippen LogP) is 3.91. The second-order valence-electron chi connectivity index (χ2n) is 8.60. The maximum Gasteiger partial charge on any atom is 0.249 e. The average molecular weight is 480 g/mol. The summed E-state index contributed by atoms with van der Waals surface area (Å²) in [6.07, 6.45) is 0. The predicted molar refractivity (Wildman–Crippen MR) is 124 cm³/mol. The number of anilines is 1. The van der Waals surface area contributed by atoms with E-state index >= 15 is 0 Å². The number of carbonyl (C=O) groups is 1. The quantitative estimate of drug-likeness (QED) is 0.356. The van der Waals surface area contributed by atoms with Gasteiger partial charge in [-0.25, -0.2) is 17.7 Å². The molecule has 172 valence electrons. The number of halogens is 1. The van der Waals surface area contributed by atoms with Crippen LogP contribution in [0.1, 0.15) is 33.3 Å². The van der Waals surface area contributed by atoms with Gasteiger partial charge in [0.1, 0.15) is 10.6 Å². The Bertz CT molecular complexity index is 1140. The number of amides is 1. The van der Waals surface area contributed by atoms with Gasteiger partial charge in [0.25, 0.3) is 0 Å². The van der Waals surface area contributed by atoms with Crippen molar-refractivity contribution in [2.45, 2.75) is 49.8 Å². The third kappa shape index (κ3) is 6.29. The summed E-state index contributed by atoms with van der Waals surface area (Å²) in [4.78, 5) is 16.5. The van der Waals surface area contributed by atoms with Gasteiger partial charge in [0, 0.05) is 17.0 Å². The zero-order valence-electron chi connectivity index (χ0n) is 18.5. The molecule has 0 fully saturated rings. The number of hydrogen-bond acceptors (Lipinski definition) is 5. The lowest BCUT2D eigenvalue weighted by Gasteiger charge is -2.33. The number of sulfone groups is 1. The van der Waals surface area contributed by atoms with Gasteiger partial charge in [-0.2, -0.15) is 0 Å². The summed E-state index contributed by atoms with van der Waals surface area (Å²) in [5.41, 5.74) is -0.340. The Morgan fingerprint density at radius 3 is 2.25 bits per heavy atom. The average Bonchev–Trinajstić information content (AvgIpc) is 2.67. The fraction of sp³-hybridized carbons (Fsp3) is 0.364. The molecule has 1 amide bonds. The Morgan fingerprint density at radius 1 is 1.16 bits per heavy atom. The van der Waals surface area contributed by atoms with E-state index in [4.69, 9.17) is 6.57 Å². The van der Waals surface area contributed by atoms with E-state index in [0.717, 1.165) is 24.3 Å². The molecule has 2 aromatic rings. The number of rotatable bonds is 7. The molecule has 0 heterocycles. The Labute approximate surface area is 191 Å². The Morgan fingerprint density at radius 2 is 1.75 bits per heavy atom. The molecule has 0 aliphatic heterocycles. The van der Waals surface area contributed by atoms with Crippen LogP contribution in [0.5, 0.6) is 0 Å². The SMILES string of the molecule is [C-]#[N+]c1ccc(NC(=O)[C@](C)(CS(=O)(=O)c2ccc(F)cc2)N[S+]([O-])C(C)(C)C)cc1C. The lowest BCUT2D eigenvalue weighted by atomic mass is 10.1. The van der Waals surface area contributed by atoms with Crippen molar-refractivity contribution in [3.8, 4) is 0 Å². The molecule has 0 aliphatic carbocycles. The zero-order valence-corrected chi connectivity index (χ0v) is 20.2. The number of aryl methyl sites for hydroxylation is 1. The molecule has 7 nitrogen and oxygen atoms in total. The molecule has 32 heavy (non-hydrogen) atoms. The fourth-order valence-corrected chi connectivity index (χ4v) is 5.38. The van der Waals surface area contributed by atoms with Crippen molar-refractivity contribution >= 4 is 38.5 Å². The number of benzene rings is 2. The van der Waals surface area contributed by atoms with Gasteiger partial charge in [0.15, 0.2) is 21.1 Å². The highest BCUT2D eigenvalue weighted by Gasteiger charge is 2.45. The number of hydrogen-bond donors (Lipinski definition) is 2. The van der Waals surface area contributed by atoms with E-state index in [1.807, 2.05) is 0 Å².